The Bertz CT molecular complexity index is 812. The van der Waals surface area contributed by atoms with Gasteiger partial charge in [0, 0.05) is 10.0 Å². The maximum absolute atomic E-state index is 6.10. The van der Waals surface area contributed by atoms with Crippen molar-refractivity contribution in [3.05, 3.63) is 57.0 Å². The van der Waals surface area contributed by atoms with Crippen molar-refractivity contribution >= 4 is 67.7 Å². The molecule has 0 bridgehead atoms. The van der Waals surface area contributed by atoms with E-state index in [-0.39, 0.29) is 0 Å². The van der Waals surface area contributed by atoms with Gasteiger partial charge in [0.15, 0.2) is 0 Å². The summed E-state index contributed by atoms with van der Waals surface area (Å²) in [7, 11) is 0. The van der Waals surface area contributed by atoms with E-state index in [9.17, 15) is 0 Å². The van der Waals surface area contributed by atoms with Crippen LogP contribution in [0.5, 0.6) is 0 Å². The molecule has 0 spiro atoms. The second kappa shape index (κ2) is 6.20. The van der Waals surface area contributed by atoms with Gasteiger partial charge < -0.3 is 0 Å². The minimum atomic E-state index is 0.531. The third-order valence-corrected chi connectivity index (χ3v) is 4.32. The molecule has 0 aliphatic carbocycles. The van der Waals surface area contributed by atoms with Crippen LogP contribution in [0.2, 0.25) is 15.1 Å². The molecule has 1 heterocycles. The first-order chi connectivity index (χ1) is 10.1. The molecule has 0 saturated heterocycles. The van der Waals surface area contributed by atoms with E-state index < -0.39 is 0 Å². The average molecular weight is 357 g/mol. The molecule has 0 atom stereocenters. The van der Waals surface area contributed by atoms with Gasteiger partial charge in [-0.3, -0.25) is 5.43 Å². The van der Waals surface area contributed by atoms with E-state index in [0.717, 1.165) is 15.8 Å². The molecule has 0 saturated carbocycles. The zero-order valence-electron chi connectivity index (χ0n) is 10.5. The summed E-state index contributed by atoms with van der Waals surface area (Å²) in [4.78, 5) is 4.38. The molecule has 0 aliphatic rings. The maximum atomic E-state index is 6.10. The van der Waals surface area contributed by atoms with Crippen molar-refractivity contribution < 1.29 is 0 Å². The van der Waals surface area contributed by atoms with Crippen LogP contribution in [0.4, 0.5) is 5.13 Å². The Labute approximate surface area is 140 Å². The molecule has 1 N–H and O–H groups in total. The van der Waals surface area contributed by atoms with E-state index in [1.807, 2.05) is 30.3 Å². The number of hydrogen-bond donors (Lipinski definition) is 1. The SMILES string of the molecule is Clc1ccc(/C=N\Nc2nc3c(Cl)cc(Cl)cc3s2)cc1. The number of rotatable bonds is 3. The lowest BCUT2D eigenvalue weighted by Crippen LogP contribution is -1.89. The number of hydrazone groups is 1. The van der Waals surface area contributed by atoms with Crippen molar-refractivity contribution in [1.82, 2.24) is 4.98 Å². The first-order valence-corrected chi connectivity index (χ1v) is 7.87. The van der Waals surface area contributed by atoms with Crippen LogP contribution in [0, 0.1) is 0 Å². The normalized spacial score (nSPS) is 11.4. The number of halogens is 3. The van der Waals surface area contributed by atoms with Crippen molar-refractivity contribution in [2.75, 3.05) is 5.43 Å². The lowest BCUT2D eigenvalue weighted by Gasteiger charge is -1.94. The van der Waals surface area contributed by atoms with Crippen molar-refractivity contribution in [2.45, 2.75) is 0 Å². The molecule has 3 aromatic rings. The van der Waals surface area contributed by atoms with Gasteiger partial charge in [-0.25, -0.2) is 4.98 Å². The molecular formula is C14H8Cl3N3S. The van der Waals surface area contributed by atoms with Crippen LogP contribution in [0.3, 0.4) is 0 Å². The summed E-state index contributed by atoms with van der Waals surface area (Å²) in [6.45, 7) is 0. The van der Waals surface area contributed by atoms with E-state index in [0.29, 0.717) is 20.2 Å². The number of thiazole rings is 1. The van der Waals surface area contributed by atoms with E-state index in [1.54, 1.807) is 12.3 Å². The van der Waals surface area contributed by atoms with Crippen LogP contribution in [0.25, 0.3) is 10.2 Å². The molecule has 0 unspecified atom stereocenters. The van der Waals surface area contributed by atoms with Crippen LogP contribution in [-0.2, 0) is 0 Å². The third kappa shape index (κ3) is 3.47. The van der Waals surface area contributed by atoms with Gasteiger partial charge in [-0.2, -0.15) is 5.10 Å². The Morgan fingerprint density at radius 2 is 1.81 bits per heavy atom. The Hall–Kier alpha value is -1.33. The summed E-state index contributed by atoms with van der Waals surface area (Å²) in [6.07, 6.45) is 1.69. The van der Waals surface area contributed by atoms with Crippen molar-refractivity contribution in [2.24, 2.45) is 5.10 Å². The largest absolute Gasteiger partial charge is 0.253 e. The predicted molar refractivity (Wildman–Crippen MR) is 92.3 cm³/mol. The van der Waals surface area contributed by atoms with Crippen LogP contribution in [0.1, 0.15) is 5.56 Å². The standard InChI is InChI=1S/C14H8Cl3N3S/c15-9-3-1-8(2-4-9)7-18-20-14-19-13-11(17)5-10(16)6-12(13)21-14/h1-7H,(H,19,20)/b18-7-. The quantitative estimate of drug-likeness (QED) is 0.482. The first kappa shape index (κ1) is 14.6. The first-order valence-electron chi connectivity index (χ1n) is 5.92. The monoisotopic (exact) mass is 355 g/mol. The molecule has 2 aromatic carbocycles. The molecule has 21 heavy (non-hydrogen) atoms. The molecule has 7 heteroatoms. The Kier molecular flexibility index (Phi) is 4.31. The van der Waals surface area contributed by atoms with Gasteiger partial charge >= 0.3 is 0 Å². The smallest absolute Gasteiger partial charge is 0.204 e. The number of aromatic nitrogens is 1. The van der Waals surface area contributed by atoms with Gasteiger partial charge in [0.1, 0.15) is 5.52 Å². The van der Waals surface area contributed by atoms with Gasteiger partial charge in [0.05, 0.1) is 15.9 Å². The van der Waals surface area contributed by atoms with Gasteiger partial charge in [0.2, 0.25) is 5.13 Å². The predicted octanol–water partition coefficient (Wildman–Crippen LogP) is 5.70. The number of nitrogens with zero attached hydrogens (tertiary/aromatic N) is 2. The highest BCUT2D eigenvalue weighted by Gasteiger charge is 2.08. The van der Waals surface area contributed by atoms with Crippen LogP contribution < -0.4 is 5.43 Å². The lowest BCUT2D eigenvalue weighted by molar-refractivity contribution is 1.31. The number of anilines is 1. The van der Waals surface area contributed by atoms with Crippen LogP contribution in [0.15, 0.2) is 41.5 Å². The maximum Gasteiger partial charge on any atom is 0.204 e. The zero-order chi connectivity index (χ0) is 14.8. The number of hydrogen-bond acceptors (Lipinski definition) is 4. The summed E-state index contributed by atoms with van der Waals surface area (Å²) in [6, 6.07) is 10.9. The Morgan fingerprint density at radius 1 is 1.05 bits per heavy atom. The van der Waals surface area contributed by atoms with Gasteiger partial charge in [0.25, 0.3) is 0 Å². The minimum Gasteiger partial charge on any atom is -0.253 e. The molecule has 0 fully saturated rings. The van der Waals surface area contributed by atoms with Crippen LogP contribution in [-0.4, -0.2) is 11.2 Å². The Balaban J connectivity index is 1.79. The highest BCUT2D eigenvalue weighted by molar-refractivity contribution is 7.22. The topological polar surface area (TPSA) is 37.3 Å². The fraction of sp³-hybridized carbons (Fsp3) is 0. The second-order valence-electron chi connectivity index (χ2n) is 4.17. The summed E-state index contributed by atoms with van der Waals surface area (Å²) in [5.41, 5.74) is 4.54. The summed E-state index contributed by atoms with van der Waals surface area (Å²) >= 11 is 19.3. The number of benzene rings is 2. The van der Waals surface area contributed by atoms with E-state index in [4.69, 9.17) is 34.8 Å². The summed E-state index contributed by atoms with van der Waals surface area (Å²) in [5, 5.41) is 6.61. The number of fused-ring (bicyclic) bond motifs is 1. The van der Waals surface area contributed by atoms with Crippen molar-refractivity contribution in [3.8, 4) is 0 Å². The van der Waals surface area contributed by atoms with E-state index in [1.165, 1.54) is 11.3 Å². The molecule has 3 nitrogen and oxygen atoms in total. The van der Waals surface area contributed by atoms with Gasteiger partial charge in [-0.05, 0) is 29.8 Å². The Morgan fingerprint density at radius 3 is 2.57 bits per heavy atom. The van der Waals surface area contributed by atoms with Crippen molar-refractivity contribution in [3.63, 3.8) is 0 Å². The highest BCUT2D eigenvalue weighted by atomic mass is 35.5. The van der Waals surface area contributed by atoms with Gasteiger partial charge in [-0.1, -0.05) is 58.3 Å². The second-order valence-corrected chi connectivity index (χ2v) is 6.49. The van der Waals surface area contributed by atoms with Crippen LogP contribution >= 0.6 is 46.1 Å². The molecule has 3 rings (SSSR count). The molecule has 0 amide bonds. The minimum absolute atomic E-state index is 0.531. The molecule has 0 aliphatic heterocycles. The summed E-state index contributed by atoms with van der Waals surface area (Å²) in [5.74, 6) is 0. The third-order valence-electron chi connectivity index (χ3n) is 2.66. The number of nitrogens with one attached hydrogen (secondary N) is 1. The van der Waals surface area contributed by atoms with E-state index >= 15 is 0 Å². The zero-order valence-corrected chi connectivity index (χ0v) is 13.6. The molecule has 0 radical (unpaired) electrons. The highest BCUT2D eigenvalue weighted by Crippen LogP contribution is 2.33. The fourth-order valence-corrected chi connectivity index (χ4v) is 3.38. The molecular weight excluding hydrogens is 349 g/mol. The average Bonchev–Trinajstić information content (AvgIpc) is 2.84. The molecule has 1 aromatic heterocycles. The van der Waals surface area contributed by atoms with Crippen molar-refractivity contribution in [1.29, 1.82) is 0 Å². The van der Waals surface area contributed by atoms with Gasteiger partial charge in [-0.15, -0.1) is 0 Å². The van der Waals surface area contributed by atoms with E-state index in [2.05, 4.69) is 15.5 Å². The fourth-order valence-electron chi connectivity index (χ4n) is 1.72. The molecule has 106 valence electrons. The summed E-state index contributed by atoms with van der Waals surface area (Å²) < 4.78 is 0.914. The lowest BCUT2D eigenvalue weighted by atomic mass is 10.2.